The van der Waals surface area contributed by atoms with Crippen molar-refractivity contribution in [3.8, 4) is 0 Å². The summed E-state index contributed by atoms with van der Waals surface area (Å²) in [6.07, 6.45) is 5.40. The molecular weight excluding hydrogens is 248 g/mol. The molecule has 2 heterocycles. The third kappa shape index (κ3) is 2.28. The number of benzene rings is 1. The first-order valence-electron chi connectivity index (χ1n) is 6.52. The number of pyridine rings is 2. The van der Waals surface area contributed by atoms with E-state index in [2.05, 4.69) is 22.2 Å². The van der Waals surface area contributed by atoms with E-state index in [-0.39, 0.29) is 0 Å². The van der Waals surface area contributed by atoms with E-state index in [0.29, 0.717) is 6.54 Å². The molecule has 0 saturated carbocycles. The fourth-order valence-electron chi connectivity index (χ4n) is 2.31. The average Bonchev–Trinajstić information content (AvgIpc) is 2.50. The van der Waals surface area contributed by atoms with Gasteiger partial charge in [0.25, 0.3) is 0 Å². The summed E-state index contributed by atoms with van der Waals surface area (Å²) in [6.45, 7) is 2.76. The smallest absolute Gasteiger partial charge is 0.134 e. The Morgan fingerprint density at radius 1 is 1.15 bits per heavy atom. The largest absolute Gasteiger partial charge is 0.398 e. The van der Waals surface area contributed by atoms with Crippen LogP contribution in [0.25, 0.3) is 10.8 Å². The second-order valence-electron chi connectivity index (χ2n) is 4.77. The van der Waals surface area contributed by atoms with Gasteiger partial charge >= 0.3 is 0 Å². The van der Waals surface area contributed by atoms with Crippen molar-refractivity contribution in [2.75, 3.05) is 11.1 Å². The highest BCUT2D eigenvalue weighted by Gasteiger charge is 2.07. The number of hydrogen-bond donors (Lipinski definition) is 2. The van der Waals surface area contributed by atoms with E-state index in [1.807, 2.05) is 36.5 Å². The summed E-state index contributed by atoms with van der Waals surface area (Å²) in [4.78, 5) is 8.55. The Morgan fingerprint density at radius 2 is 2.05 bits per heavy atom. The molecule has 0 bridgehead atoms. The highest BCUT2D eigenvalue weighted by molar-refractivity contribution is 6.01. The molecule has 0 spiro atoms. The van der Waals surface area contributed by atoms with Gasteiger partial charge in [-0.05, 0) is 36.2 Å². The zero-order chi connectivity index (χ0) is 13.9. The SMILES string of the molecule is Cc1ccc(N)c2ccnc(NCc3cccnc3)c12. The minimum Gasteiger partial charge on any atom is -0.398 e. The molecule has 0 aliphatic heterocycles. The zero-order valence-electron chi connectivity index (χ0n) is 11.3. The number of fused-ring (bicyclic) bond motifs is 1. The second-order valence-corrected chi connectivity index (χ2v) is 4.77. The lowest BCUT2D eigenvalue weighted by Gasteiger charge is -2.12. The molecule has 100 valence electrons. The molecule has 4 nitrogen and oxygen atoms in total. The Labute approximate surface area is 117 Å². The Hall–Kier alpha value is -2.62. The lowest BCUT2D eigenvalue weighted by molar-refractivity contribution is 1.09. The number of aryl methyl sites for hydroxylation is 1. The molecule has 0 saturated heterocycles. The van der Waals surface area contributed by atoms with Crippen molar-refractivity contribution in [2.45, 2.75) is 13.5 Å². The fraction of sp³-hybridized carbons (Fsp3) is 0.125. The Kier molecular flexibility index (Phi) is 3.21. The van der Waals surface area contributed by atoms with Crippen molar-refractivity contribution in [2.24, 2.45) is 0 Å². The summed E-state index contributed by atoms with van der Waals surface area (Å²) in [7, 11) is 0. The lowest BCUT2D eigenvalue weighted by atomic mass is 10.1. The van der Waals surface area contributed by atoms with E-state index in [0.717, 1.165) is 33.4 Å². The van der Waals surface area contributed by atoms with Gasteiger partial charge in [-0.2, -0.15) is 0 Å². The van der Waals surface area contributed by atoms with Gasteiger partial charge < -0.3 is 11.1 Å². The highest BCUT2D eigenvalue weighted by Crippen LogP contribution is 2.29. The summed E-state index contributed by atoms with van der Waals surface area (Å²) < 4.78 is 0. The molecule has 4 heteroatoms. The lowest BCUT2D eigenvalue weighted by Crippen LogP contribution is -2.03. The maximum absolute atomic E-state index is 6.04. The van der Waals surface area contributed by atoms with Gasteiger partial charge in [-0.1, -0.05) is 12.1 Å². The molecule has 2 aromatic heterocycles. The predicted octanol–water partition coefficient (Wildman–Crippen LogP) is 3.13. The van der Waals surface area contributed by atoms with Gasteiger partial charge in [0.2, 0.25) is 0 Å². The van der Waals surface area contributed by atoms with E-state index in [1.54, 1.807) is 12.4 Å². The van der Waals surface area contributed by atoms with Gasteiger partial charge in [-0.25, -0.2) is 4.98 Å². The number of aromatic nitrogens is 2. The first kappa shape index (κ1) is 12.4. The summed E-state index contributed by atoms with van der Waals surface area (Å²) in [6, 6.07) is 9.87. The highest BCUT2D eigenvalue weighted by atomic mass is 15.0. The molecule has 3 aromatic rings. The first-order chi connectivity index (χ1) is 9.75. The maximum Gasteiger partial charge on any atom is 0.134 e. The van der Waals surface area contributed by atoms with Crippen LogP contribution in [0.15, 0.2) is 48.9 Å². The Bertz CT molecular complexity index is 738. The molecule has 0 atom stereocenters. The van der Waals surface area contributed by atoms with Crippen LogP contribution in [0, 0.1) is 6.92 Å². The van der Waals surface area contributed by atoms with Crippen molar-refractivity contribution >= 4 is 22.3 Å². The molecule has 0 aliphatic carbocycles. The van der Waals surface area contributed by atoms with Crippen molar-refractivity contribution < 1.29 is 0 Å². The Morgan fingerprint density at radius 3 is 2.85 bits per heavy atom. The number of nitrogen functional groups attached to an aromatic ring is 1. The number of nitrogens with two attached hydrogens (primary N) is 1. The van der Waals surface area contributed by atoms with E-state index < -0.39 is 0 Å². The average molecular weight is 264 g/mol. The molecule has 0 amide bonds. The van der Waals surface area contributed by atoms with Crippen LogP contribution in [-0.4, -0.2) is 9.97 Å². The number of anilines is 2. The molecule has 0 aliphatic rings. The number of nitrogens with zero attached hydrogens (tertiary/aromatic N) is 2. The van der Waals surface area contributed by atoms with Crippen LogP contribution >= 0.6 is 0 Å². The number of rotatable bonds is 3. The van der Waals surface area contributed by atoms with E-state index >= 15 is 0 Å². The Balaban J connectivity index is 1.98. The summed E-state index contributed by atoms with van der Waals surface area (Å²) in [5.74, 6) is 0.858. The van der Waals surface area contributed by atoms with Crippen LogP contribution in [-0.2, 0) is 6.54 Å². The molecular formula is C16H16N4. The van der Waals surface area contributed by atoms with Crippen LogP contribution in [0.1, 0.15) is 11.1 Å². The number of hydrogen-bond acceptors (Lipinski definition) is 4. The molecule has 0 unspecified atom stereocenters. The third-order valence-electron chi connectivity index (χ3n) is 3.35. The molecule has 0 fully saturated rings. The predicted molar refractivity (Wildman–Crippen MR) is 82.5 cm³/mol. The third-order valence-corrected chi connectivity index (χ3v) is 3.35. The molecule has 0 radical (unpaired) electrons. The van der Waals surface area contributed by atoms with Crippen LogP contribution in [0.3, 0.4) is 0 Å². The van der Waals surface area contributed by atoms with Crippen LogP contribution < -0.4 is 11.1 Å². The van der Waals surface area contributed by atoms with E-state index in [4.69, 9.17) is 5.73 Å². The van der Waals surface area contributed by atoms with Gasteiger partial charge in [0, 0.05) is 41.6 Å². The van der Waals surface area contributed by atoms with Crippen molar-refractivity contribution in [1.29, 1.82) is 0 Å². The molecule has 3 rings (SSSR count). The van der Waals surface area contributed by atoms with Crippen molar-refractivity contribution in [1.82, 2.24) is 9.97 Å². The van der Waals surface area contributed by atoms with Gasteiger partial charge in [-0.3, -0.25) is 4.98 Å². The van der Waals surface area contributed by atoms with Crippen LogP contribution in [0.5, 0.6) is 0 Å². The minimum atomic E-state index is 0.689. The van der Waals surface area contributed by atoms with Gasteiger partial charge in [0.05, 0.1) is 0 Å². The van der Waals surface area contributed by atoms with Crippen LogP contribution in [0.4, 0.5) is 11.5 Å². The normalized spacial score (nSPS) is 10.7. The standard InChI is InChI=1S/C16H16N4/c1-11-4-5-14(17)13-6-8-19-16(15(11)13)20-10-12-3-2-7-18-9-12/h2-9H,10,17H2,1H3,(H,19,20). The quantitative estimate of drug-likeness (QED) is 0.713. The maximum atomic E-state index is 6.04. The van der Waals surface area contributed by atoms with Gasteiger partial charge in [-0.15, -0.1) is 0 Å². The number of nitrogens with one attached hydrogen (secondary N) is 1. The molecule has 1 aromatic carbocycles. The zero-order valence-corrected chi connectivity index (χ0v) is 11.3. The monoisotopic (exact) mass is 264 g/mol. The van der Waals surface area contributed by atoms with Crippen LogP contribution in [0.2, 0.25) is 0 Å². The minimum absolute atomic E-state index is 0.689. The summed E-state index contributed by atoms with van der Waals surface area (Å²) in [5, 5.41) is 5.48. The van der Waals surface area contributed by atoms with Crippen molar-refractivity contribution in [3.63, 3.8) is 0 Å². The van der Waals surface area contributed by atoms with E-state index in [9.17, 15) is 0 Å². The first-order valence-corrected chi connectivity index (χ1v) is 6.52. The summed E-state index contributed by atoms with van der Waals surface area (Å²) >= 11 is 0. The topological polar surface area (TPSA) is 63.8 Å². The second kappa shape index (κ2) is 5.17. The van der Waals surface area contributed by atoms with E-state index in [1.165, 1.54) is 0 Å². The van der Waals surface area contributed by atoms with Gasteiger partial charge in [0.15, 0.2) is 0 Å². The summed E-state index contributed by atoms with van der Waals surface area (Å²) in [5.41, 5.74) is 9.09. The molecule has 20 heavy (non-hydrogen) atoms. The molecule has 3 N–H and O–H groups in total. The van der Waals surface area contributed by atoms with Gasteiger partial charge in [0.1, 0.15) is 5.82 Å². The fourth-order valence-corrected chi connectivity index (χ4v) is 2.31. The van der Waals surface area contributed by atoms with Crippen molar-refractivity contribution in [3.05, 3.63) is 60.0 Å².